The van der Waals surface area contributed by atoms with Crippen LogP contribution in [0, 0.1) is 0 Å². The third-order valence-corrected chi connectivity index (χ3v) is 3.09. The molecule has 2 aromatic rings. The van der Waals surface area contributed by atoms with E-state index in [1.807, 2.05) is 31.2 Å². The zero-order chi connectivity index (χ0) is 15.1. The monoisotopic (exact) mass is 304 g/mol. The Morgan fingerprint density at radius 3 is 2.71 bits per heavy atom. The molecule has 2 N–H and O–H groups in total. The summed E-state index contributed by atoms with van der Waals surface area (Å²) in [4.78, 5) is 20.2. The second-order valence-electron chi connectivity index (χ2n) is 4.45. The number of carbonyl (C=O) groups is 1. The van der Waals surface area contributed by atoms with Crippen LogP contribution in [0.1, 0.15) is 23.0 Å². The summed E-state index contributed by atoms with van der Waals surface area (Å²) in [6.45, 7) is 3.23. The van der Waals surface area contributed by atoms with Gasteiger partial charge in [0.05, 0.1) is 12.4 Å². The third kappa shape index (κ3) is 4.72. The molecule has 0 radical (unpaired) electrons. The normalized spacial score (nSPS) is 10.2. The van der Waals surface area contributed by atoms with Gasteiger partial charge < -0.3 is 10.6 Å². The maximum Gasteiger partial charge on any atom is 0.271 e. The maximum atomic E-state index is 12.0. The smallest absolute Gasteiger partial charge is 0.271 e. The summed E-state index contributed by atoms with van der Waals surface area (Å²) in [6, 6.07) is 7.56. The van der Waals surface area contributed by atoms with Crippen LogP contribution < -0.4 is 10.6 Å². The number of hydrogen-bond acceptors (Lipinski definition) is 4. The minimum Gasteiger partial charge on any atom is -0.369 e. The summed E-state index contributed by atoms with van der Waals surface area (Å²) in [6.07, 6.45) is 3.79. The molecule has 0 fully saturated rings. The van der Waals surface area contributed by atoms with E-state index in [-0.39, 0.29) is 5.91 Å². The van der Waals surface area contributed by atoms with Crippen LogP contribution in [0.5, 0.6) is 0 Å². The lowest BCUT2D eigenvalue weighted by Gasteiger charge is -2.06. The number of halogens is 1. The number of rotatable bonds is 6. The van der Waals surface area contributed by atoms with Gasteiger partial charge in [-0.15, -0.1) is 0 Å². The first-order chi connectivity index (χ1) is 10.2. The van der Waals surface area contributed by atoms with Gasteiger partial charge >= 0.3 is 0 Å². The second-order valence-corrected chi connectivity index (χ2v) is 4.89. The SMILES string of the molecule is CCNc1cncc(C(=O)NCCc2ccc(Cl)cc2)n1. The standard InChI is InChI=1S/C15H17ClN4O/c1-2-18-14-10-17-9-13(20-14)15(21)19-8-7-11-3-5-12(16)6-4-11/h3-6,9-10H,2,7-8H2,1H3,(H,18,20)(H,19,21). The number of hydrogen-bond donors (Lipinski definition) is 2. The highest BCUT2D eigenvalue weighted by molar-refractivity contribution is 6.30. The number of amides is 1. The molecule has 6 heteroatoms. The van der Waals surface area contributed by atoms with Gasteiger partial charge in [-0.1, -0.05) is 23.7 Å². The van der Waals surface area contributed by atoms with Crippen LogP contribution >= 0.6 is 11.6 Å². The van der Waals surface area contributed by atoms with Crippen molar-refractivity contribution >= 4 is 23.3 Å². The van der Waals surface area contributed by atoms with Crippen LogP contribution in [0.2, 0.25) is 5.02 Å². The van der Waals surface area contributed by atoms with E-state index in [9.17, 15) is 4.79 Å². The maximum absolute atomic E-state index is 12.0. The van der Waals surface area contributed by atoms with Gasteiger partial charge in [-0.3, -0.25) is 9.78 Å². The van der Waals surface area contributed by atoms with Crippen molar-refractivity contribution < 1.29 is 4.79 Å². The van der Waals surface area contributed by atoms with Crippen molar-refractivity contribution in [3.8, 4) is 0 Å². The predicted molar refractivity (Wildman–Crippen MR) is 83.7 cm³/mol. The Hall–Kier alpha value is -2.14. The van der Waals surface area contributed by atoms with Gasteiger partial charge in [0.25, 0.3) is 5.91 Å². The summed E-state index contributed by atoms with van der Waals surface area (Å²) >= 11 is 5.83. The van der Waals surface area contributed by atoms with Gasteiger partial charge in [-0.2, -0.15) is 0 Å². The number of anilines is 1. The van der Waals surface area contributed by atoms with E-state index >= 15 is 0 Å². The molecule has 1 amide bonds. The van der Waals surface area contributed by atoms with Crippen LogP contribution in [0.25, 0.3) is 0 Å². The quantitative estimate of drug-likeness (QED) is 0.860. The minimum atomic E-state index is -0.226. The molecule has 0 aliphatic rings. The van der Waals surface area contributed by atoms with Gasteiger partial charge in [0.1, 0.15) is 11.5 Å². The first-order valence-corrected chi connectivity index (χ1v) is 7.15. The van der Waals surface area contributed by atoms with Crippen LogP contribution in [0.3, 0.4) is 0 Å². The molecule has 110 valence electrons. The Kier molecular flexibility index (Phi) is 5.51. The molecule has 0 bridgehead atoms. The molecule has 1 heterocycles. The topological polar surface area (TPSA) is 66.9 Å². The van der Waals surface area contributed by atoms with Crippen molar-refractivity contribution in [1.29, 1.82) is 0 Å². The molecule has 1 aromatic carbocycles. The fraction of sp³-hybridized carbons (Fsp3) is 0.267. The molecule has 0 unspecified atom stereocenters. The Labute approximate surface area is 128 Å². The fourth-order valence-electron chi connectivity index (χ4n) is 1.80. The lowest BCUT2D eigenvalue weighted by molar-refractivity contribution is 0.0949. The third-order valence-electron chi connectivity index (χ3n) is 2.84. The average Bonchev–Trinajstić information content (AvgIpc) is 2.50. The highest BCUT2D eigenvalue weighted by Gasteiger charge is 2.08. The molecule has 0 aliphatic heterocycles. The van der Waals surface area contributed by atoms with Crippen molar-refractivity contribution in [2.24, 2.45) is 0 Å². The van der Waals surface area contributed by atoms with Crippen molar-refractivity contribution in [3.05, 3.63) is 52.9 Å². The first kappa shape index (κ1) is 15.3. The average molecular weight is 305 g/mol. The Morgan fingerprint density at radius 2 is 2.00 bits per heavy atom. The van der Waals surface area contributed by atoms with Gasteiger partial charge in [-0.25, -0.2) is 4.98 Å². The summed E-state index contributed by atoms with van der Waals surface area (Å²) < 4.78 is 0. The number of benzene rings is 1. The van der Waals surface area contributed by atoms with Crippen molar-refractivity contribution in [3.63, 3.8) is 0 Å². The van der Waals surface area contributed by atoms with E-state index in [2.05, 4.69) is 20.6 Å². The van der Waals surface area contributed by atoms with E-state index in [1.54, 1.807) is 6.20 Å². The van der Waals surface area contributed by atoms with Crippen molar-refractivity contribution in [2.75, 3.05) is 18.4 Å². The van der Waals surface area contributed by atoms with Crippen LogP contribution in [0.15, 0.2) is 36.7 Å². The van der Waals surface area contributed by atoms with Gasteiger partial charge in [0, 0.05) is 18.1 Å². The van der Waals surface area contributed by atoms with Crippen molar-refractivity contribution in [1.82, 2.24) is 15.3 Å². The van der Waals surface area contributed by atoms with Gasteiger partial charge in [-0.05, 0) is 31.0 Å². The van der Waals surface area contributed by atoms with E-state index in [0.717, 1.165) is 18.5 Å². The molecule has 1 aromatic heterocycles. The molecule has 0 saturated carbocycles. The lowest BCUT2D eigenvalue weighted by atomic mass is 10.1. The van der Waals surface area contributed by atoms with Crippen LogP contribution in [-0.2, 0) is 6.42 Å². The van der Waals surface area contributed by atoms with Gasteiger partial charge in [0.15, 0.2) is 0 Å². The molecule has 0 aliphatic carbocycles. The number of carbonyl (C=O) groups excluding carboxylic acids is 1. The lowest BCUT2D eigenvalue weighted by Crippen LogP contribution is -2.27. The molecular formula is C15H17ClN4O. The highest BCUT2D eigenvalue weighted by Crippen LogP contribution is 2.09. The number of nitrogens with zero attached hydrogens (tertiary/aromatic N) is 2. The molecule has 2 rings (SSSR count). The van der Waals surface area contributed by atoms with E-state index in [1.165, 1.54) is 6.20 Å². The number of nitrogens with one attached hydrogen (secondary N) is 2. The van der Waals surface area contributed by atoms with Crippen molar-refractivity contribution in [2.45, 2.75) is 13.3 Å². The van der Waals surface area contributed by atoms with Crippen LogP contribution in [-0.4, -0.2) is 29.0 Å². The van der Waals surface area contributed by atoms with Crippen LogP contribution in [0.4, 0.5) is 5.82 Å². The Balaban J connectivity index is 1.86. The second kappa shape index (κ2) is 7.59. The van der Waals surface area contributed by atoms with E-state index in [4.69, 9.17) is 11.6 Å². The van der Waals surface area contributed by atoms with Gasteiger partial charge in [0.2, 0.25) is 0 Å². The Morgan fingerprint density at radius 1 is 1.24 bits per heavy atom. The molecule has 0 spiro atoms. The summed E-state index contributed by atoms with van der Waals surface area (Å²) in [5.41, 5.74) is 1.43. The summed E-state index contributed by atoms with van der Waals surface area (Å²) in [7, 11) is 0. The molecular weight excluding hydrogens is 288 g/mol. The first-order valence-electron chi connectivity index (χ1n) is 6.77. The minimum absolute atomic E-state index is 0.226. The number of aromatic nitrogens is 2. The largest absolute Gasteiger partial charge is 0.369 e. The zero-order valence-electron chi connectivity index (χ0n) is 11.8. The molecule has 0 saturated heterocycles. The van der Waals surface area contributed by atoms with E-state index < -0.39 is 0 Å². The highest BCUT2D eigenvalue weighted by atomic mass is 35.5. The predicted octanol–water partition coefficient (Wildman–Crippen LogP) is 2.53. The molecule has 5 nitrogen and oxygen atoms in total. The fourth-order valence-corrected chi connectivity index (χ4v) is 1.93. The Bertz CT molecular complexity index is 601. The van der Waals surface area contributed by atoms with E-state index in [0.29, 0.717) is 23.1 Å². The summed E-state index contributed by atoms with van der Waals surface area (Å²) in [5.74, 6) is 0.374. The molecule has 0 atom stereocenters. The molecule has 21 heavy (non-hydrogen) atoms. The summed E-state index contributed by atoms with van der Waals surface area (Å²) in [5, 5.41) is 6.56. The zero-order valence-corrected chi connectivity index (χ0v) is 12.5.